The van der Waals surface area contributed by atoms with Crippen LogP contribution in [0.2, 0.25) is 0 Å². The summed E-state index contributed by atoms with van der Waals surface area (Å²) in [5.41, 5.74) is 1.11. The summed E-state index contributed by atoms with van der Waals surface area (Å²) in [6.07, 6.45) is 3.27. The molecule has 8 heteroatoms. The van der Waals surface area contributed by atoms with Gasteiger partial charge in [-0.05, 0) is 37.0 Å². The standard InChI is InChI=1S/C22H33FN4O2.HI/c1-24-21(26-16-22(6-7-22)18-3-2-4-19(23)13-18)25-14-20(17-5-10-29-15-17)27-8-11-28-12-9-27;/h2-4,13,17,20H,5-12,14-16H2,1H3,(H2,24,25,26);1H. The molecule has 4 rings (SSSR count). The van der Waals surface area contributed by atoms with Crippen LogP contribution in [0.15, 0.2) is 29.3 Å². The Morgan fingerprint density at radius 1 is 1.23 bits per heavy atom. The van der Waals surface area contributed by atoms with Gasteiger partial charge in [0.05, 0.1) is 19.8 Å². The molecule has 2 unspecified atom stereocenters. The summed E-state index contributed by atoms with van der Waals surface area (Å²) in [5, 5.41) is 7.01. The van der Waals surface area contributed by atoms with Gasteiger partial charge in [-0.1, -0.05) is 12.1 Å². The normalized spacial score (nSPS) is 24.7. The highest BCUT2D eigenvalue weighted by Gasteiger charge is 2.44. The molecule has 0 amide bonds. The number of rotatable bonds is 7. The molecule has 1 saturated carbocycles. The average molecular weight is 532 g/mol. The minimum absolute atomic E-state index is 0. The van der Waals surface area contributed by atoms with Gasteiger partial charge in [-0.25, -0.2) is 4.39 Å². The van der Waals surface area contributed by atoms with Gasteiger partial charge in [0.2, 0.25) is 0 Å². The zero-order chi connectivity index (χ0) is 20.1. The molecule has 0 bridgehead atoms. The SMILES string of the molecule is CN=C(NCC(C1CCOC1)N1CCOCC1)NCC1(c2cccc(F)c2)CC1.I. The minimum Gasteiger partial charge on any atom is -0.381 e. The first-order valence-electron chi connectivity index (χ1n) is 10.8. The van der Waals surface area contributed by atoms with E-state index < -0.39 is 0 Å². The van der Waals surface area contributed by atoms with Crippen molar-refractivity contribution in [2.24, 2.45) is 10.9 Å². The van der Waals surface area contributed by atoms with E-state index in [-0.39, 0.29) is 35.2 Å². The number of nitrogens with one attached hydrogen (secondary N) is 2. The molecule has 2 atom stereocenters. The fourth-order valence-electron chi connectivity index (χ4n) is 4.57. The van der Waals surface area contributed by atoms with Crippen molar-refractivity contribution in [3.8, 4) is 0 Å². The van der Waals surface area contributed by atoms with Crippen LogP contribution in [0, 0.1) is 11.7 Å². The number of hydrogen-bond donors (Lipinski definition) is 2. The lowest BCUT2D eigenvalue weighted by molar-refractivity contribution is 0.00246. The summed E-state index contributed by atoms with van der Waals surface area (Å²) in [6, 6.07) is 7.42. The predicted molar refractivity (Wildman–Crippen MR) is 127 cm³/mol. The number of ether oxygens (including phenoxy) is 2. The second kappa shape index (κ2) is 11.1. The quantitative estimate of drug-likeness (QED) is 0.321. The molecular weight excluding hydrogens is 498 g/mol. The Bertz CT molecular complexity index is 704. The molecule has 30 heavy (non-hydrogen) atoms. The summed E-state index contributed by atoms with van der Waals surface area (Å²) in [4.78, 5) is 6.95. The Balaban J connectivity index is 0.00000256. The van der Waals surface area contributed by atoms with E-state index in [0.29, 0.717) is 12.0 Å². The molecule has 0 radical (unpaired) electrons. The third-order valence-corrected chi connectivity index (χ3v) is 6.61. The number of morpholine rings is 1. The van der Waals surface area contributed by atoms with Gasteiger partial charge in [0.15, 0.2) is 5.96 Å². The molecule has 1 aliphatic carbocycles. The topological polar surface area (TPSA) is 58.1 Å². The summed E-state index contributed by atoms with van der Waals surface area (Å²) in [6.45, 7) is 6.83. The van der Waals surface area contributed by atoms with E-state index in [0.717, 1.165) is 83.4 Å². The maximum Gasteiger partial charge on any atom is 0.191 e. The summed E-state index contributed by atoms with van der Waals surface area (Å²) < 4.78 is 24.8. The fraction of sp³-hybridized carbons (Fsp3) is 0.682. The second-order valence-corrected chi connectivity index (χ2v) is 8.44. The zero-order valence-electron chi connectivity index (χ0n) is 17.7. The van der Waals surface area contributed by atoms with Crippen LogP contribution in [-0.2, 0) is 14.9 Å². The molecule has 2 saturated heterocycles. The highest BCUT2D eigenvalue weighted by atomic mass is 127. The van der Waals surface area contributed by atoms with Crippen molar-refractivity contribution in [1.82, 2.24) is 15.5 Å². The molecular formula is C22H34FIN4O2. The molecule has 168 valence electrons. The van der Waals surface area contributed by atoms with E-state index in [4.69, 9.17) is 9.47 Å². The van der Waals surface area contributed by atoms with E-state index in [1.807, 2.05) is 6.07 Å². The summed E-state index contributed by atoms with van der Waals surface area (Å²) >= 11 is 0. The molecule has 2 heterocycles. The maximum atomic E-state index is 13.6. The molecule has 2 aliphatic heterocycles. The Morgan fingerprint density at radius 2 is 2.03 bits per heavy atom. The molecule has 1 aromatic rings. The van der Waals surface area contributed by atoms with Crippen molar-refractivity contribution in [3.05, 3.63) is 35.6 Å². The Hall–Kier alpha value is -0.970. The van der Waals surface area contributed by atoms with Crippen LogP contribution in [0.3, 0.4) is 0 Å². The van der Waals surface area contributed by atoms with Crippen molar-refractivity contribution in [2.75, 3.05) is 59.7 Å². The van der Waals surface area contributed by atoms with E-state index >= 15 is 0 Å². The van der Waals surface area contributed by atoms with Gasteiger partial charge in [-0.2, -0.15) is 0 Å². The summed E-state index contributed by atoms with van der Waals surface area (Å²) in [7, 11) is 1.81. The second-order valence-electron chi connectivity index (χ2n) is 8.44. The van der Waals surface area contributed by atoms with Crippen LogP contribution in [-0.4, -0.2) is 76.6 Å². The van der Waals surface area contributed by atoms with Crippen molar-refractivity contribution < 1.29 is 13.9 Å². The molecule has 3 fully saturated rings. The molecule has 0 spiro atoms. The maximum absolute atomic E-state index is 13.6. The van der Waals surface area contributed by atoms with Gasteiger partial charge in [0.25, 0.3) is 0 Å². The molecule has 3 aliphatic rings. The lowest BCUT2D eigenvalue weighted by Crippen LogP contribution is -2.54. The van der Waals surface area contributed by atoms with Gasteiger partial charge in [-0.3, -0.25) is 9.89 Å². The van der Waals surface area contributed by atoms with Gasteiger partial charge in [0.1, 0.15) is 5.82 Å². The first-order chi connectivity index (χ1) is 14.2. The van der Waals surface area contributed by atoms with Crippen LogP contribution < -0.4 is 10.6 Å². The van der Waals surface area contributed by atoms with Crippen LogP contribution in [0.4, 0.5) is 4.39 Å². The molecule has 1 aromatic carbocycles. The Morgan fingerprint density at radius 3 is 2.67 bits per heavy atom. The average Bonchev–Trinajstić information content (AvgIpc) is 3.36. The third-order valence-electron chi connectivity index (χ3n) is 6.61. The van der Waals surface area contributed by atoms with Crippen LogP contribution in [0.5, 0.6) is 0 Å². The lowest BCUT2D eigenvalue weighted by Gasteiger charge is -2.37. The van der Waals surface area contributed by atoms with Gasteiger partial charge >= 0.3 is 0 Å². The Kier molecular flexibility index (Phi) is 8.73. The number of benzene rings is 1. The minimum atomic E-state index is -0.164. The van der Waals surface area contributed by atoms with Crippen molar-refractivity contribution >= 4 is 29.9 Å². The lowest BCUT2D eigenvalue weighted by atomic mass is 9.96. The first-order valence-corrected chi connectivity index (χ1v) is 10.8. The number of aliphatic imine (C=N–C) groups is 1. The smallest absolute Gasteiger partial charge is 0.191 e. The van der Waals surface area contributed by atoms with Gasteiger partial charge in [-0.15, -0.1) is 24.0 Å². The first kappa shape index (κ1) is 23.7. The van der Waals surface area contributed by atoms with Crippen LogP contribution >= 0.6 is 24.0 Å². The van der Waals surface area contributed by atoms with Gasteiger partial charge < -0.3 is 20.1 Å². The third kappa shape index (κ3) is 5.83. The van der Waals surface area contributed by atoms with Crippen LogP contribution in [0.1, 0.15) is 24.8 Å². The van der Waals surface area contributed by atoms with Crippen LogP contribution in [0.25, 0.3) is 0 Å². The zero-order valence-corrected chi connectivity index (χ0v) is 20.1. The molecule has 2 N–H and O–H groups in total. The number of nitrogens with zero attached hydrogens (tertiary/aromatic N) is 2. The fourth-order valence-corrected chi connectivity index (χ4v) is 4.57. The van der Waals surface area contributed by atoms with Crippen molar-refractivity contribution in [3.63, 3.8) is 0 Å². The van der Waals surface area contributed by atoms with E-state index in [2.05, 4.69) is 20.5 Å². The van der Waals surface area contributed by atoms with Crippen molar-refractivity contribution in [2.45, 2.75) is 30.7 Å². The number of guanidine groups is 1. The predicted octanol–water partition coefficient (Wildman–Crippen LogP) is 2.38. The number of halogens is 2. The van der Waals surface area contributed by atoms with E-state index in [1.165, 1.54) is 6.07 Å². The highest BCUT2D eigenvalue weighted by molar-refractivity contribution is 14.0. The van der Waals surface area contributed by atoms with E-state index in [1.54, 1.807) is 19.2 Å². The molecule has 6 nitrogen and oxygen atoms in total. The molecule has 0 aromatic heterocycles. The highest BCUT2D eigenvalue weighted by Crippen LogP contribution is 2.47. The van der Waals surface area contributed by atoms with Crippen molar-refractivity contribution in [1.29, 1.82) is 0 Å². The monoisotopic (exact) mass is 532 g/mol. The Labute approximate surface area is 196 Å². The summed E-state index contributed by atoms with van der Waals surface area (Å²) in [5.74, 6) is 1.19. The van der Waals surface area contributed by atoms with Gasteiger partial charge in [0, 0.05) is 57.2 Å². The largest absolute Gasteiger partial charge is 0.381 e. The van der Waals surface area contributed by atoms with E-state index in [9.17, 15) is 4.39 Å². The number of hydrogen-bond acceptors (Lipinski definition) is 4.